The maximum Gasteiger partial charge on any atom is 0.419 e. The van der Waals surface area contributed by atoms with Crippen LogP contribution in [0.3, 0.4) is 0 Å². The Kier molecular flexibility index (Phi) is 5.18. The van der Waals surface area contributed by atoms with Gasteiger partial charge < -0.3 is 14.5 Å². The smallest absolute Gasteiger partial charge is 0.419 e. The van der Waals surface area contributed by atoms with E-state index in [2.05, 4.69) is 5.32 Å². The second-order valence-corrected chi connectivity index (χ2v) is 5.65. The van der Waals surface area contributed by atoms with Crippen LogP contribution in [0.2, 0.25) is 0 Å². The fourth-order valence-electron chi connectivity index (χ4n) is 2.77. The van der Waals surface area contributed by atoms with Crippen LogP contribution in [0.25, 0.3) is 11.1 Å². The van der Waals surface area contributed by atoms with Crippen molar-refractivity contribution in [2.45, 2.75) is 19.4 Å². The van der Waals surface area contributed by atoms with E-state index in [4.69, 9.17) is 9.15 Å². The lowest BCUT2D eigenvalue weighted by atomic mass is 10.1. The molecule has 1 heterocycles. The third-order valence-electron chi connectivity index (χ3n) is 4.05. The van der Waals surface area contributed by atoms with Crippen LogP contribution in [0, 0.1) is 0 Å². The molecule has 0 spiro atoms. The minimum atomic E-state index is -0.442. The van der Waals surface area contributed by atoms with Crippen LogP contribution in [-0.4, -0.2) is 24.1 Å². The third kappa shape index (κ3) is 3.91. The number of carbonyl (C=O) groups excluding carboxylic acids is 1. The molecule has 0 radical (unpaired) electrons. The number of nitrogens with zero attached hydrogens (tertiary/aromatic N) is 1. The van der Waals surface area contributed by atoms with Gasteiger partial charge in [-0.2, -0.15) is 0 Å². The number of fused-ring (bicyclic) bond motifs is 1. The van der Waals surface area contributed by atoms with Crippen LogP contribution >= 0.6 is 0 Å². The van der Waals surface area contributed by atoms with Gasteiger partial charge in [0.25, 0.3) is 0 Å². The van der Waals surface area contributed by atoms with E-state index < -0.39 is 5.76 Å². The maximum absolute atomic E-state index is 12.0. The number of hydrogen-bond acceptors (Lipinski definition) is 4. The molecule has 0 aliphatic carbocycles. The summed E-state index contributed by atoms with van der Waals surface area (Å²) >= 11 is 0. The average Bonchev–Trinajstić information content (AvgIpc) is 2.95. The fraction of sp³-hybridized carbons (Fsp3) is 0.263. The van der Waals surface area contributed by atoms with Gasteiger partial charge in [0.1, 0.15) is 5.75 Å². The molecule has 130 valence electrons. The van der Waals surface area contributed by atoms with Crippen LogP contribution in [0.15, 0.2) is 57.7 Å². The van der Waals surface area contributed by atoms with E-state index in [-0.39, 0.29) is 18.9 Å². The number of benzene rings is 2. The Morgan fingerprint density at radius 3 is 2.76 bits per heavy atom. The first-order valence-corrected chi connectivity index (χ1v) is 8.16. The predicted octanol–water partition coefficient (Wildman–Crippen LogP) is 2.35. The first-order chi connectivity index (χ1) is 12.2. The van der Waals surface area contributed by atoms with E-state index >= 15 is 0 Å². The summed E-state index contributed by atoms with van der Waals surface area (Å²) in [5.41, 5.74) is 2.28. The molecule has 0 fully saturated rings. The zero-order valence-corrected chi connectivity index (χ0v) is 14.0. The normalized spacial score (nSPS) is 10.8. The summed E-state index contributed by atoms with van der Waals surface area (Å²) in [5.74, 6) is 0.267. The van der Waals surface area contributed by atoms with Gasteiger partial charge in [0.05, 0.1) is 12.6 Å². The Hall–Kier alpha value is -3.02. The van der Waals surface area contributed by atoms with Crippen molar-refractivity contribution in [1.29, 1.82) is 0 Å². The van der Waals surface area contributed by atoms with E-state index in [1.165, 1.54) is 4.57 Å². The van der Waals surface area contributed by atoms with Crippen molar-refractivity contribution in [2.75, 3.05) is 13.7 Å². The highest BCUT2D eigenvalue weighted by Gasteiger charge is 2.10. The van der Waals surface area contributed by atoms with Crippen molar-refractivity contribution >= 4 is 17.0 Å². The van der Waals surface area contributed by atoms with Gasteiger partial charge in [-0.1, -0.05) is 30.3 Å². The van der Waals surface area contributed by atoms with Gasteiger partial charge in [-0.15, -0.1) is 0 Å². The average molecular weight is 340 g/mol. The molecule has 6 heteroatoms. The largest absolute Gasteiger partial charge is 0.496 e. The van der Waals surface area contributed by atoms with Gasteiger partial charge in [0.15, 0.2) is 5.58 Å². The zero-order valence-electron chi connectivity index (χ0n) is 14.0. The Morgan fingerprint density at radius 1 is 1.16 bits per heavy atom. The number of aromatic nitrogens is 1. The first-order valence-electron chi connectivity index (χ1n) is 8.16. The molecular weight excluding hydrogens is 320 g/mol. The monoisotopic (exact) mass is 340 g/mol. The molecule has 0 unspecified atom stereocenters. The third-order valence-corrected chi connectivity index (χ3v) is 4.05. The fourth-order valence-corrected chi connectivity index (χ4v) is 2.77. The summed E-state index contributed by atoms with van der Waals surface area (Å²) in [6, 6.07) is 14.9. The number of methoxy groups -OCH3 is 1. The Bertz CT molecular complexity index is 926. The van der Waals surface area contributed by atoms with E-state index in [9.17, 15) is 9.59 Å². The number of hydrogen-bond donors (Lipinski definition) is 1. The Morgan fingerprint density at radius 2 is 1.92 bits per heavy atom. The van der Waals surface area contributed by atoms with Gasteiger partial charge in [0.2, 0.25) is 5.91 Å². The topological polar surface area (TPSA) is 73.5 Å². The molecule has 0 saturated carbocycles. The Balaban J connectivity index is 1.53. The van der Waals surface area contributed by atoms with E-state index in [1.54, 1.807) is 25.3 Å². The highest BCUT2D eigenvalue weighted by Crippen LogP contribution is 2.17. The first kappa shape index (κ1) is 16.8. The van der Waals surface area contributed by atoms with Crippen LogP contribution in [-0.2, 0) is 17.8 Å². The van der Waals surface area contributed by atoms with E-state index in [0.29, 0.717) is 24.1 Å². The second-order valence-electron chi connectivity index (χ2n) is 5.65. The lowest BCUT2D eigenvalue weighted by molar-refractivity contribution is -0.121. The number of oxazole rings is 1. The van der Waals surface area contributed by atoms with Gasteiger partial charge in [-0.3, -0.25) is 9.36 Å². The summed E-state index contributed by atoms with van der Waals surface area (Å²) in [4.78, 5) is 23.9. The predicted molar refractivity (Wildman–Crippen MR) is 94.8 cm³/mol. The molecule has 25 heavy (non-hydrogen) atoms. The van der Waals surface area contributed by atoms with Crippen molar-refractivity contribution in [3.05, 3.63) is 64.6 Å². The van der Waals surface area contributed by atoms with Crippen LogP contribution < -0.4 is 15.8 Å². The molecule has 0 atom stereocenters. The van der Waals surface area contributed by atoms with Crippen molar-refractivity contribution in [3.8, 4) is 5.75 Å². The number of para-hydroxylation sites is 3. The molecule has 3 aromatic rings. The van der Waals surface area contributed by atoms with Crippen molar-refractivity contribution in [2.24, 2.45) is 0 Å². The van der Waals surface area contributed by atoms with Gasteiger partial charge in [-0.05, 0) is 30.2 Å². The van der Waals surface area contributed by atoms with Gasteiger partial charge >= 0.3 is 5.76 Å². The van der Waals surface area contributed by atoms with Crippen LogP contribution in [0.4, 0.5) is 0 Å². The molecule has 0 saturated heterocycles. The maximum atomic E-state index is 12.0. The second kappa shape index (κ2) is 7.70. The SMILES string of the molecule is COc1ccccc1CCNC(=O)CCn1c(=O)oc2ccccc21. The summed E-state index contributed by atoms with van der Waals surface area (Å²) in [6.07, 6.45) is 0.902. The van der Waals surface area contributed by atoms with Crippen molar-refractivity contribution < 1.29 is 13.9 Å². The molecule has 2 aromatic carbocycles. The van der Waals surface area contributed by atoms with E-state index in [0.717, 1.165) is 11.3 Å². The minimum Gasteiger partial charge on any atom is -0.496 e. The van der Waals surface area contributed by atoms with Crippen molar-refractivity contribution in [1.82, 2.24) is 9.88 Å². The molecule has 1 amide bonds. The molecule has 3 rings (SSSR count). The highest BCUT2D eigenvalue weighted by atomic mass is 16.5. The van der Waals surface area contributed by atoms with Crippen LogP contribution in [0.5, 0.6) is 5.75 Å². The number of ether oxygens (including phenoxy) is 1. The number of aryl methyl sites for hydroxylation is 1. The molecule has 0 bridgehead atoms. The quantitative estimate of drug-likeness (QED) is 0.716. The lowest BCUT2D eigenvalue weighted by Gasteiger charge is -2.09. The van der Waals surface area contributed by atoms with Gasteiger partial charge in [0, 0.05) is 19.5 Å². The molecule has 6 nitrogen and oxygen atoms in total. The number of rotatable bonds is 7. The Labute approximate surface area is 145 Å². The summed E-state index contributed by atoms with van der Waals surface area (Å²) in [7, 11) is 1.63. The summed E-state index contributed by atoms with van der Waals surface area (Å²) < 4.78 is 11.9. The molecule has 0 aliphatic heterocycles. The number of carbonyl (C=O) groups is 1. The zero-order chi connectivity index (χ0) is 17.6. The molecular formula is C19H20N2O4. The van der Waals surface area contributed by atoms with Crippen molar-refractivity contribution in [3.63, 3.8) is 0 Å². The van der Waals surface area contributed by atoms with Gasteiger partial charge in [-0.25, -0.2) is 4.79 Å². The molecule has 1 N–H and O–H groups in total. The number of nitrogens with one attached hydrogen (secondary N) is 1. The highest BCUT2D eigenvalue weighted by molar-refractivity contribution is 5.76. The molecule has 0 aliphatic rings. The standard InChI is InChI=1S/C19H20N2O4/c1-24-16-8-4-2-6-14(16)10-12-20-18(22)11-13-21-15-7-3-5-9-17(15)25-19(21)23/h2-9H,10-13H2,1H3,(H,20,22). The summed E-state index contributed by atoms with van der Waals surface area (Å²) in [5, 5.41) is 2.87. The number of amides is 1. The lowest BCUT2D eigenvalue weighted by Crippen LogP contribution is -2.28. The molecule has 1 aromatic heterocycles. The van der Waals surface area contributed by atoms with Crippen LogP contribution in [0.1, 0.15) is 12.0 Å². The minimum absolute atomic E-state index is 0.105. The summed E-state index contributed by atoms with van der Waals surface area (Å²) in [6.45, 7) is 0.802. The van der Waals surface area contributed by atoms with E-state index in [1.807, 2.05) is 30.3 Å².